The van der Waals surface area contributed by atoms with E-state index in [0.29, 0.717) is 12.5 Å². The molecule has 0 aromatic heterocycles. The van der Waals surface area contributed by atoms with Gasteiger partial charge < -0.3 is 19.5 Å². The fourth-order valence-corrected chi connectivity index (χ4v) is 3.03. The van der Waals surface area contributed by atoms with Crippen LogP contribution < -0.4 is 14.8 Å². The number of rotatable bonds is 6. The molecule has 0 bridgehead atoms. The quantitative estimate of drug-likeness (QED) is 0.875. The maximum Gasteiger partial charge on any atom is 0.226 e. The van der Waals surface area contributed by atoms with Crippen molar-refractivity contribution in [2.75, 3.05) is 27.4 Å². The van der Waals surface area contributed by atoms with E-state index in [4.69, 9.17) is 14.2 Å². The second-order valence-electron chi connectivity index (χ2n) is 6.47. The molecule has 23 heavy (non-hydrogen) atoms. The third kappa shape index (κ3) is 4.16. The molecule has 0 radical (unpaired) electrons. The number of hydrogen-bond donors (Lipinski definition) is 1. The smallest absolute Gasteiger partial charge is 0.226 e. The first-order valence-corrected chi connectivity index (χ1v) is 8.06. The summed E-state index contributed by atoms with van der Waals surface area (Å²) in [6, 6.07) is 5.58. The van der Waals surface area contributed by atoms with Crippen molar-refractivity contribution in [3.63, 3.8) is 0 Å². The summed E-state index contributed by atoms with van der Waals surface area (Å²) in [5.41, 5.74) is 0.499. The zero-order chi connectivity index (χ0) is 16.9. The zero-order valence-corrected chi connectivity index (χ0v) is 14.5. The van der Waals surface area contributed by atoms with Gasteiger partial charge in [0.05, 0.1) is 14.2 Å². The molecule has 0 aliphatic carbocycles. The third-order valence-electron chi connectivity index (χ3n) is 4.75. The lowest BCUT2D eigenvalue weighted by atomic mass is 9.74. The van der Waals surface area contributed by atoms with Crippen molar-refractivity contribution in [3.05, 3.63) is 23.8 Å². The van der Waals surface area contributed by atoms with Crippen LogP contribution in [0.2, 0.25) is 0 Å². The number of amides is 1. The van der Waals surface area contributed by atoms with Crippen LogP contribution >= 0.6 is 0 Å². The average Bonchev–Trinajstić information content (AvgIpc) is 2.59. The molecule has 0 saturated carbocycles. The lowest BCUT2D eigenvalue weighted by Gasteiger charge is -2.35. The Morgan fingerprint density at radius 3 is 2.57 bits per heavy atom. The van der Waals surface area contributed by atoms with E-state index < -0.39 is 5.41 Å². The zero-order valence-electron chi connectivity index (χ0n) is 14.5. The SMILES string of the molecule is COc1ccc(OC)c(CNC(=O)C(C)(C)C2CCOCC2)c1. The van der Waals surface area contributed by atoms with Crippen molar-refractivity contribution in [3.8, 4) is 11.5 Å². The number of hydrogen-bond acceptors (Lipinski definition) is 4. The molecule has 1 amide bonds. The molecule has 128 valence electrons. The number of ether oxygens (including phenoxy) is 3. The van der Waals surface area contributed by atoms with Gasteiger partial charge in [-0.05, 0) is 37.0 Å². The molecule has 1 heterocycles. The number of carbonyl (C=O) groups is 1. The highest BCUT2D eigenvalue weighted by Gasteiger charge is 2.37. The van der Waals surface area contributed by atoms with Crippen molar-refractivity contribution in [1.29, 1.82) is 0 Å². The molecule has 1 N–H and O–H groups in total. The molecule has 1 aliphatic heterocycles. The van der Waals surface area contributed by atoms with E-state index in [2.05, 4.69) is 5.32 Å². The first kappa shape index (κ1) is 17.6. The van der Waals surface area contributed by atoms with Crippen LogP contribution in [0.4, 0.5) is 0 Å². The normalized spacial score (nSPS) is 16.0. The monoisotopic (exact) mass is 321 g/mol. The van der Waals surface area contributed by atoms with Crippen molar-refractivity contribution in [2.45, 2.75) is 33.2 Å². The van der Waals surface area contributed by atoms with E-state index in [1.54, 1.807) is 14.2 Å². The predicted octanol–water partition coefficient (Wildman–Crippen LogP) is 2.77. The Balaban J connectivity index is 2.03. The van der Waals surface area contributed by atoms with E-state index in [9.17, 15) is 4.79 Å². The number of methoxy groups -OCH3 is 2. The Morgan fingerprint density at radius 2 is 1.96 bits per heavy atom. The summed E-state index contributed by atoms with van der Waals surface area (Å²) in [6.07, 6.45) is 1.87. The van der Waals surface area contributed by atoms with Gasteiger partial charge in [0, 0.05) is 30.7 Å². The van der Waals surface area contributed by atoms with E-state index in [-0.39, 0.29) is 5.91 Å². The average molecular weight is 321 g/mol. The van der Waals surface area contributed by atoms with Gasteiger partial charge in [-0.25, -0.2) is 0 Å². The van der Waals surface area contributed by atoms with E-state index in [1.165, 1.54) is 0 Å². The first-order chi connectivity index (χ1) is 11.0. The van der Waals surface area contributed by atoms with Gasteiger partial charge in [-0.3, -0.25) is 4.79 Å². The van der Waals surface area contributed by atoms with Crippen molar-refractivity contribution >= 4 is 5.91 Å². The summed E-state index contributed by atoms with van der Waals surface area (Å²) < 4.78 is 16.0. The highest BCUT2D eigenvalue weighted by molar-refractivity contribution is 5.82. The molecule has 0 spiro atoms. The molecule has 1 aromatic carbocycles. The maximum absolute atomic E-state index is 12.7. The Bertz CT molecular complexity index is 536. The van der Waals surface area contributed by atoms with E-state index in [1.807, 2.05) is 32.0 Å². The lowest BCUT2D eigenvalue weighted by Crippen LogP contribution is -2.43. The Morgan fingerprint density at radius 1 is 1.26 bits per heavy atom. The maximum atomic E-state index is 12.7. The molecule has 1 saturated heterocycles. The van der Waals surface area contributed by atoms with Crippen LogP contribution in [-0.4, -0.2) is 33.3 Å². The second-order valence-corrected chi connectivity index (χ2v) is 6.47. The molecule has 1 aliphatic rings. The van der Waals surface area contributed by atoms with Crippen molar-refractivity contribution in [1.82, 2.24) is 5.32 Å². The minimum Gasteiger partial charge on any atom is -0.497 e. The van der Waals surface area contributed by atoms with Crippen molar-refractivity contribution < 1.29 is 19.0 Å². The van der Waals surface area contributed by atoms with Crippen LogP contribution in [0, 0.1) is 11.3 Å². The molecule has 1 fully saturated rings. The van der Waals surface area contributed by atoms with Gasteiger partial charge in [-0.15, -0.1) is 0 Å². The molecule has 5 heteroatoms. The molecular formula is C18H27NO4. The number of benzene rings is 1. The second kappa shape index (κ2) is 7.68. The van der Waals surface area contributed by atoms with Gasteiger partial charge in [-0.2, -0.15) is 0 Å². The van der Waals surface area contributed by atoms with E-state index >= 15 is 0 Å². The van der Waals surface area contributed by atoms with Gasteiger partial charge in [0.15, 0.2) is 0 Å². The van der Waals surface area contributed by atoms with Crippen LogP contribution in [0.5, 0.6) is 11.5 Å². The topological polar surface area (TPSA) is 56.8 Å². The molecule has 2 rings (SSSR count). The lowest BCUT2D eigenvalue weighted by molar-refractivity contribution is -0.134. The predicted molar refractivity (Wildman–Crippen MR) is 88.7 cm³/mol. The highest BCUT2D eigenvalue weighted by Crippen LogP contribution is 2.35. The summed E-state index contributed by atoms with van der Waals surface area (Å²) >= 11 is 0. The molecule has 0 atom stereocenters. The standard InChI is InChI=1S/C18H27NO4/c1-18(2,14-7-9-23-10-8-14)17(20)19-12-13-11-15(21-3)5-6-16(13)22-4/h5-6,11,14H,7-10,12H2,1-4H3,(H,19,20). The fraction of sp³-hybridized carbons (Fsp3) is 0.611. The molecule has 0 unspecified atom stereocenters. The summed E-state index contributed by atoms with van der Waals surface area (Å²) in [7, 11) is 3.25. The van der Waals surface area contributed by atoms with Gasteiger partial charge in [0.25, 0.3) is 0 Å². The van der Waals surface area contributed by atoms with Gasteiger partial charge in [0.1, 0.15) is 11.5 Å². The van der Waals surface area contributed by atoms with Crippen LogP contribution in [0.15, 0.2) is 18.2 Å². The molecule has 5 nitrogen and oxygen atoms in total. The Hall–Kier alpha value is -1.75. The minimum atomic E-state index is -0.407. The fourth-order valence-electron chi connectivity index (χ4n) is 3.03. The first-order valence-electron chi connectivity index (χ1n) is 8.06. The van der Waals surface area contributed by atoms with Crippen LogP contribution in [0.1, 0.15) is 32.3 Å². The van der Waals surface area contributed by atoms with Gasteiger partial charge in [0.2, 0.25) is 5.91 Å². The largest absolute Gasteiger partial charge is 0.497 e. The van der Waals surface area contributed by atoms with Gasteiger partial charge >= 0.3 is 0 Å². The van der Waals surface area contributed by atoms with Crippen LogP contribution in [0.3, 0.4) is 0 Å². The minimum absolute atomic E-state index is 0.0641. The third-order valence-corrected chi connectivity index (χ3v) is 4.75. The van der Waals surface area contributed by atoms with Crippen LogP contribution in [-0.2, 0) is 16.1 Å². The summed E-state index contributed by atoms with van der Waals surface area (Å²) in [6.45, 7) is 5.93. The van der Waals surface area contributed by atoms with Crippen LogP contribution in [0.25, 0.3) is 0 Å². The van der Waals surface area contributed by atoms with Crippen molar-refractivity contribution in [2.24, 2.45) is 11.3 Å². The summed E-state index contributed by atoms with van der Waals surface area (Å²) in [5, 5.41) is 3.05. The molecule has 1 aromatic rings. The summed E-state index contributed by atoms with van der Waals surface area (Å²) in [4.78, 5) is 12.7. The summed E-state index contributed by atoms with van der Waals surface area (Å²) in [5.74, 6) is 1.91. The number of carbonyl (C=O) groups excluding carboxylic acids is 1. The Labute approximate surface area is 138 Å². The van der Waals surface area contributed by atoms with Gasteiger partial charge in [-0.1, -0.05) is 13.8 Å². The highest BCUT2D eigenvalue weighted by atomic mass is 16.5. The molecular weight excluding hydrogens is 294 g/mol. The Kier molecular flexibility index (Phi) is 5.88. The number of nitrogens with one attached hydrogen (secondary N) is 1. The van der Waals surface area contributed by atoms with E-state index in [0.717, 1.165) is 43.1 Å².